The van der Waals surface area contributed by atoms with Gasteiger partial charge in [0.15, 0.2) is 5.11 Å². The summed E-state index contributed by atoms with van der Waals surface area (Å²) in [5.41, 5.74) is 1.13. The maximum Gasteiger partial charge on any atom is 0.171 e. The molecule has 0 saturated heterocycles. The number of rotatable bonds is 3. The monoisotopic (exact) mass is 278 g/mol. The summed E-state index contributed by atoms with van der Waals surface area (Å²) in [6.45, 7) is 2.26. The van der Waals surface area contributed by atoms with Crippen LogP contribution in [-0.4, -0.2) is 17.8 Å². The Labute approximate surface area is 120 Å². The van der Waals surface area contributed by atoms with Crippen LogP contribution in [0.15, 0.2) is 24.3 Å². The number of thiocarbonyl (C=S) groups is 1. The van der Waals surface area contributed by atoms with E-state index in [9.17, 15) is 0 Å². The van der Waals surface area contributed by atoms with E-state index >= 15 is 0 Å². The van der Waals surface area contributed by atoms with Crippen molar-refractivity contribution < 1.29 is 4.74 Å². The lowest BCUT2D eigenvalue weighted by Crippen LogP contribution is -2.48. The van der Waals surface area contributed by atoms with E-state index in [0.29, 0.717) is 5.11 Å². The van der Waals surface area contributed by atoms with Gasteiger partial charge < -0.3 is 15.4 Å². The first-order valence-corrected chi connectivity index (χ1v) is 7.25. The molecular weight excluding hydrogens is 256 g/mol. The SMILES string of the molecule is COc1ccc(NC(=S)NC2(C)CCCCC2)cc1. The normalized spacial score (nSPS) is 17.6. The summed E-state index contributed by atoms with van der Waals surface area (Å²) >= 11 is 5.40. The quantitative estimate of drug-likeness (QED) is 0.826. The Morgan fingerprint density at radius 1 is 1.16 bits per heavy atom. The van der Waals surface area contributed by atoms with Crippen LogP contribution in [0.2, 0.25) is 0 Å². The molecule has 1 aliphatic rings. The van der Waals surface area contributed by atoms with Crippen LogP contribution < -0.4 is 15.4 Å². The molecule has 0 radical (unpaired) electrons. The molecule has 1 fully saturated rings. The molecule has 0 atom stereocenters. The fraction of sp³-hybridized carbons (Fsp3) is 0.533. The number of hydrogen-bond donors (Lipinski definition) is 2. The van der Waals surface area contributed by atoms with Gasteiger partial charge in [0, 0.05) is 11.2 Å². The first-order chi connectivity index (χ1) is 9.11. The van der Waals surface area contributed by atoms with E-state index in [-0.39, 0.29) is 5.54 Å². The predicted molar refractivity (Wildman–Crippen MR) is 83.8 cm³/mol. The largest absolute Gasteiger partial charge is 0.497 e. The third-order valence-corrected chi connectivity index (χ3v) is 3.92. The minimum absolute atomic E-state index is 0.148. The standard InChI is InChI=1S/C15H22N2OS/c1-15(10-4-3-5-11-15)17-14(19)16-12-6-8-13(18-2)9-7-12/h6-9H,3-5,10-11H2,1-2H3,(H2,16,17,19). The fourth-order valence-corrected chi connectivity index (χ4v) is 2.93. The van der Waals surface area contributed by atoms with Crippen molar-refractivity contribution >= 4 is 23.0 Å². The Balaban J connectivity index is 1.89. The van der Waals surface area contributed by atoms with Crippen LogP contribution >= 0.6 is 12.2 Å². The lowest BCUT2D eigenvalue weighted by molar-refractivity contribution is 0.292. The van der Waals surface area contributed by atoms with Crippen molar-refractivity contribution in [3.05, 3.63) is 24.3 Å². The van der Waals surface area contributed by atoms with Crippen molar-refractivity contribution in [1.82, 2.24) is 5.32 Å². The van der Waals surface area contributed by atoms with Crippen LogP contribution in [0, 0.1) is 0 Å². The molecule has 0 heterocycles. The lowest BCUT2D eigenvalue weighted by atomic mass is 9.83. The van der Waals surface area contributed by atoms with E-state index in [1.807, 2.05) is 24.3 Å². The topological polar surface area (TPSA) is 33.3 Å². The van der Waals surface area contributed by atoms with E-state index < -0.39 is 0 Å². The second-order valence-electron chi connectivity index (χ2n) is 5.43. The van der Waals surface area contributed by atoms with E-state index in [2.05, 4.69) is 17.6 Å². The smallest absolute Gasteiger partial charge is 0.171 e. The first-order valence-electron chi connectivity index (χ1n) is 6.84. The van der Waals surface area contributed by atoms with Crippen molar-refractivity contribution in [2.45, 2.75) is 44.6 Å². The van der Waals surface area contributed by atoms with Gasteiger partial charge in [-0.1, -0.05) is 19.3 Å². The molecule has 1 aromatic carbocycles. The van der Waals surface area contributed by atoms with Gasteiger partial charge in [-0.3, -0.25) is 0 Å². The van der Waals surface area contributed by atoms with Crippen molar-refractivity contribution in [3.8, 4) is 5.75 Å². The second kappa shape index (κ2) is 6.24. The molecular formula is C15H22N2OS. The Bertz CT molecular complexity index is 424. The molecule has 0 aromatic heterocycles. The molecule has 1 aliphatic carbocycles. The van der Waals surface area contributed by atoms with Crippen molar-refractivity contribution in [2.24, 2.45) is 0 Å². The first kappa shape index (κ1) is 14.1. The van der Waals surface area contributed by atoms with Crippen LogP contribution in [0.5, 0.6) is 5.75 Å². The summed E-state index contributed by atoms with van der Waals surface area (Å²) in [6, 6.07) is 7.78. The van der Waals surface area contributed by atoms with Crippen LogP contribution in [0.25, 0.3) is 0 Å². The van der Waals surface area contributed by atoms with E-state index in [4.69, 9.17) is 17.0 Å². The van der Waals surface area contributed by atoms with Gasteiger partial charge in [0.05, 0.1) is 7.11 Å². The molecule has 1 aromatic rings. The average Bonchev–Trinajstić information content (AvgIpc) is 2.39. The van der Waals surface area contributed by atoms with Crippen LogP contribution in [0.4, 0.5) is 5.69 Å². The third kappa shape index (κ3) is 4.10. The number of hydrogen-bond acceptors (Lipinski definition) is 2. The molecule has 1 saturated carbocycles. The molecule has 19 heavy (non-hydrogen) atoms. The highest BCUT2D eigenvalue weighted by Gasteiger charge is 2.27. The van der Waals surface area contributed by atoms with Crippen LogP contribution in [0.1, 0.15) is 39.0 Å². The maximum atomic E-state index is 5.40. The number of benzene rings is 1. The molecule has 0 bridgehead atoms. The van der Waals surface area contributed by atoms with Crippen molar-refractivity contribution in [3.63, 3.8) is 0 Å². The third-order valence-electron chi connectivity index (χ3n) is 3.72. The predicted octanol–water partition coefficient (Wildman–Crippen LogP) is 3.70. The van der Waals surface area contributed by atoms with Crippen molar-refractivity contribution in [2.75, 3.05) is 12.4 Å². The van der Waals surface area contributed by atoms with Gasteiger partial charge >= 0.3 is 0 Å². The minimum Gasteiger partial charge on any atom is -0.497 e. The van der Waals surface area contributed by atoms with Crippen LogP contribution in [-0.2, 0) is 0 Å². The zero-order valence-electron chi connectivity index (χ0n) is 11.7. The van der Waals surface area contributed by atoms with Gasteiger partial charge in [0.25, 0.3) is 0 Å². The van der Waals surface area contributed by atoms with E-state index in [1.165, 1.54) is 32.1 Å². The molecule has 0 amide bonds. The van der Waals surface area contributed by atoms with Crippen LogP contribution in [0.3, 0.4) is 0 Å². The van der Waals surface area contributed by atoms with E-state index in [0.717, 1.165) is 11.4 Å². The van der Waals surface area contributed by atoms with Crippen molar-refractivity contribution in [1.29, 1.82) is 0 Å². The zero-order valence-corrected chi connectivity index (χ0v) is 12.5. The molecule has 2 rings (SSSR count). The summed E-state index contributed by atoms with van der Waals surface area (Å²) in [6.07, 6.45) is 6.30. The fourth-order valence-electron chi connectivity index (χ4n) is 2.57. The summed E-state index contributed by atoms with van der Waals surface area (Å²) < 4.78 is 5.14. The Morgan fingerprint density at radius 2 is 1.79 bits per heavy atom. The molecule has 2 N–H and O–H groups in total. The highest BCUT2D eigenvalue weighted by Crippen LogP contribution is 2.27. The van der Waals surface area contributed by atoms with Gasteiger partial charge in [-0.05, 0) is 56.2 Å². The summed E-state index contributed by atoms with van der Waals surface area (Å²) in [5.74, 6) is 0.851. The summed E-state index contributed by atoms with van der Waals surface area (Å²) in [7, 11) is 1.67. The Morgan fingerprint density at radius 3 is 2.37 bits per heavy atom. The number of methoxy groups -OCH3 is 1. The minimum atomic E-state index is 0.148. The Hall–Kier alpha value is -1.29. The summed E-state index contributed by atoms with van der Waals surface area (Å²) in [4.78, 5) is 0. The van der Waals surface area contributed by atoms with E-state index in [1.54, 1.807) is 7.11 Å². The lowest BCUT2D eigenvalue weighted by Gasteiger charge is -2.35. The van der Waals surface area contributed by atoms with Gasteiger partial charge in [-0.2, -0.15) is 0 Å². The highest BCUT2D eigenvalue weighted by atomic mass is 32.1. The molecule has 0 spiro atoms. The molecule has 0 aliphatic heterocycles. The second-order valence-corrected chi connectivity index (χ2v) is 5.84. The van der Waals surface area contributed by atoms with Gasteiger partial charge in [-0.25, -0.2) is 0 Å². The maximum absolute atomic E-state index is 5.40. The van der Waals surface area contributed by atoms with Gasteiger partial charge in [-0.15, -0.1) is 0 Å². The molecule has 3 nitrogen and oxygen atoms in total. The highest BCUT2D eigenvalue weighted by molar-refractivity contribution is 7.80. The number of ether oxygens (including phenoxy) is 1. The molecule has 0 unspecified atom stereocenters. The number of nitrogens with one attached hydrogen (secondary N) is 2. The van der Waals surface area contributed by atoms with Gasteiger partial charge in [0.1, 0.15) is 5.75 Å². The molecule has 104 valence electrons. The summed E-state index contributed by atoms with van der Waals surface area (Å²) in [5, 5.41) is 7.40. The zero-order chi connectivity index (χ0) is 13.7. The number of anilines is 1. The van der Waals surface area contributed by atoms with Gasteiger partial charge in [0.2, 0.25) is 0 Å². The molecule has 4 heteroatoms. The average molecular weight is 278 g/mol. The Kier molecular flexibility index (Phi) is 4.64.